The number of benzene rings is 1. The summed E-state index contributed by atoms with van der Waals surface area (Å²) in [6.07, 6.45) is 9.56. The summed E-state index contributed by atoms with van der Waals surface area (Å²) in [4.78, 5) is 4.54. The molecule has 0 heterocycles. The molecular formula is C18H27N3O. The maximum absolute atomic E-state index is 6.07. The Bertz CT molecular complexity index is 547. The number of hydrogen-bond acceptors (Lipinski definition) is 2. The maximum atomic E-state index is 6.07. The lowest BCUT2D eigenvalue weighted by Gasteiger charge is -2.34. The molecule has 0 amide bonds. The SMILES string of the molecule is COC1(CN=C(N)Nc2ccc3c(c2)CCC3)CCCCC1. The average molecular weight is 301 g/mol. The van der Waals surface area contributed by atoms with Crippen LogP contribution in [0.3, 0.4) is 0 Å². The normalized spacial score (nSPS) is 20.7. The van der Waals surface area contributed by atoms with Crippen LogP contribution in [0.1, 0.15) is 49.7 Å². The highest BCUT2D eigenvalue weighted by Crippen LogP contribution is 2.31. The number of anilines is 1. The van der Waals surface area contributed by atoms with E-state index in [9.17, 15) is 0 Å². The van der Waals surface area contributed by atoms with Gasteiger partial charge in [-0.2, -0.15) is 0 Å². The van der Waals surface area contributed by atoms with E-state index in [4.69, 9.17) is 10.5 Å². The van der Waals surface area contributed by atoms with Gasteiger partial charge in [0.05, 0.1) is 12.1 Å². The van der Waals surface area contributed by atoms with Crippen molar-refractivity contribution in [3.05, 3.63) is 29.3 Å². The van der Waals surface area contributed by atoms with Gasteiger partial charge in [-0.25, -0.2) is 0 Å². The number of methoxy groups -OCH3 is 1. The van der Waals surface area contributed by atoms with Crippen molar-refractivity contribution in [2.45, 2.75) is 57.0 Å². The maximum Gasteiger partial charge on any atom is 0.193 e. The molecule has 0 atom stereocenters. The molecule has 1 aromatic carbocycles. The Morgan fingerprint density at radius 1 is 1.18 bits per heavy atom. The second-order valence-electron chi connectivity index (χ2n) is 6.61. The molecule has 0 spiro atoms. The number of nitrogens with two attached hydrogens (primary N) is 1. The number of rotatable bonds is 4. The summed E-state index contributed by atoms with van der Waals surface area (Å²) in [6, 6.07) is 6.51. The van der Waals surface area contributed by atoms with E-state index >= 15 is 0 Å². The molecule has 0 bridgehead atoms. The fourth-order valence-electron chi connectivity index (χ4n) is 3.69. The number of guanidine groups is 1. The largest absolute Gasteiger partial charge is 0.376 e. The van der Waals surface area contributed by atoms with Gasteiger partial charge in [0.25, 0.3) is 0 Å². The van der Waals surface area contributed by atoms with Crippen molar-refractivity contribution in [3.8, 4) is 0 Å². The van der Waals surface area contributed by atoms with Crippen molar-refractivity contribution in [3.63, 3.8) is 0 Å². The molecule has 0 aliphatic heterocycles. The molecule has 4 nitrogen and oxygen atoms in total. The lowest BCUT2D eigenvalue weighted by Crippen LogP contribution is -2.38. The van der Waals surface area contributed by atoms with E-state index in [0.29, 0.717) is 12.5 Å². The van der Waals surface area contributed by atoms with Crippen LogP contribution in [0.15, 0.2) is 23.2 Å². The van der Waals surface area contributed by atoms with Crippen LogP contribution >= 0.6 is 0 Å². The number of aliphatic imine (C=N–C) groups is 1. The van der Waals surface area contributed by atoms with Crippen LogP contribution in [-0.4, -0.2) is 25.2 Å². The Balaban J connectivity index is 1.62. The van der Waals surface area contributed by atoms with E-state index in [0.717, 1.165) is 18.5 Å². The highest BCUT2D eigenvalue weighted by Gasteiger charge is 2.31. The van der Waals surface area contributed by atoms with Crippen molar-refractivity contribution in [2.24, 2.45) is 10.7 Å². The molecule has 2 aliphatic rings. The molecule has 0 aromatic heterocycles. The van der Waals surface area contributed by atoms with Crippen LogP contribution < -0.4 is 11.1 Å². The van der Waals surface area contributed by atoms with E-state index in [1.54, 1.807) is 7.11 Å². The topological polar surface area (TPSA) is 59.6 Å². The molecule has 0 saturated heterocycles. The first-order valence-electron chi connectivity index (χ1n) is 8.45. The summed E-state index contributed by atoms with van der Waals surface area (Å²) in [7, 11) is 1.80. The van der Waals surface area contributed by atoms with Crippen LogP contribution in [0.2, 0.25) is 0 Å². The third kappa shape index (κ3) is 3.43. The summed E-state index contributed by atoms with van der Waals surface area (Å²) in [5.41, 5.74) is 9.91. The van der Waals surface area contributed by atoms with Gasteiger partial charge < -0.3 is 15.8 Å². The van der Waals surface area contributed by atoms with E-state index in [1.807, 2.05) is 0 Å². The Hall–Kier alpha value is -1.55. The minimum absolute atomic E-state index is 0.109. The highest BCUT2D eigenvalue weighted by atomic mass is 16.5. The standard InChI is InChI=1S/C18H27N3O/c1-22-18(10-3-2-4-11-18)13-20-17(19)21-16-9-8-14-6-5-7-15(14)12-16/h8-9,12H,2-7,10-11,13H2,1H3,(H3,19,20,21). The summed E-state index contributed by atoms with van der Waals surface area (Å²) >= 11 is 0. The molecule has 1 aromatic rings. The number of aryl methyl sites for hydroxylation is 2. The summed E-state index contributed by atoms with van der Waals surface area (Å²) < 4.78 is 5.75. The third-order valence-electron chi connectivity index (χ3n) is 5.11. The van der Waals surface area contributed by atoms with Crippen LogP contribution in [0, 0.1) is 0 Å². The molecule has 1 saturated carbocycles. The molecule has 2 aliphatic carbocycles. The predicted molar refractivity (Wildman–Crippen MR) is 91.4 cm³/mol. The second kappa shape index (κ2) is 6.69. The average Bonchev–Trinajstić information content (AvgIpc) is 3.01. The van der Waals surface area contributed by atoms with Gasteiger partial charge in [-0.15, -0.1) is 0 Å². The molecule has 3 rings (SSSR count). The van der Waals surface area contributed by atoms with E-state index in [-0.39, 0.29) is 5.60 Å². The summed E-state index contributed by atoms with van der Waals surface area (Å²) in [5, 5.41) is 3.22. The quantitative estimate of drug-likeness (QED) is 0.663. The third-order valence-corrected chi connectivity index (χ3v) is 5.11. The molecule has 0 unspecified atom stereocenters. The van der Waals surface area contributed by atoms with Crippen LogP contribution in [-0.2, 0) is 17.6 Å². The van der Waals surface area contributed by atoms with Gasteiger partial charge in [0.1, 0.15) is 0 Å². The second-order valence-corrected chi connectivity index (χ2v) is 6.61. The van der Waals surface area contributed by atoms with Gasteiger partial charge in [0.2, 0.25) is 0 Å². The molecular weight excluding hydrogens is 274 g/mol. The number of fused-ring (bicyclic) bond motifs is 1. The first-order chi connectivity index (χ1) is 10.7. The van der Waals surface area contributed by atoms with Crippen molar-refractivity contribution < 1.29 is 4.74 Å². The fourth-order valence-corrected chi connectivity index (χ4v) is 3.69. The van der Waals surface area contributed by atoms with Crippen molar-refractivity contribution in [1.29, 1.82) is 0 Å². The first kappa shape index (κ1) is 15.3. The Morgan fingerprint density at radius 2 is 1.95 bits per heavy atom. The number of nitrogens with zero attached hydrogens (tertiary/aromatic N) is 1. The van der Waals surface area contributed by atoms with Gasteiger partial charge in [-0.3, -0.25) is 4.99 Å². The fraction of sp³-hybridized carbons (Fsp3) is 0.611. The van der Waals surface area contributed by atoms with Gasteiger partial charge in [-0.05, 0) is 55.4 Å². The minimum atomic E-state index is -0.109. The molecule has 120 valence electrons. The molecule has 1 fully saturated rings. The Labute approximate surface area is 133 Å². The molecule has 4 heteroatoms. The van der Waals surface area contributed by atoms with Gasteiger partial charge in [0, 0.05) is 12.8 Å². The monoisotopic (exact) mass is 301 g/mol. The highest BCUT2D eigenvalue weighted by molar-refractivity contribution is 5.92. The lowest BCUT2D eigenvalue weighted by molar-refractivity contribution is -0.0308. The zero-order valence-electron chi connectivity index (χ0n) is 13.5. The summed E-state index contributed by atoms with van der Waals surface area (Å²) in [5.74, 6) is 0.486. The zero-order valence-corrected chi connectivity index (χ0v) is 13.5. The number of ether oxygens (including phenoxy) is 1. The minimum Gasteiger partial charge on any atom is -0.376 e. The smallest absolute Gasteiger partial charge is 0.193 e. The van der Waals surface area contributed by atoms with E-state index in [2.05, 4.69) is 28.5 Å². The molecule has 0 radical (unpaired) electrons. The van der Waals surface area contributed by atoms with E-state index < -0.39 is 0 Å². The Morgan fingerprint density at radius 3 is 2.73 bits per heavy atom. The number of nitrogens with one attached hydrogen (secondary N) is 1. The van der Waals surface area contributed by atoms with Crippen LogP contribution in [0.4, 0.5) is 5.69 Å². The van der Waals surface area contributed by atoms with E-state index in [1.165, 1.54) is 49.7 Å². The zero-order chi connectivity index (χ0) is 15.4. The van der Waals surface area contributed by atoms with Crippen molar-refractivity contribution in [2.75, 3.05) is 19.0 Å². The van der Waals surface area contributed by atoms with Gasteiger partial charge in [0.15, 0.2) is 5.96 Å². The van der Waals surface area contributed by atoms with Crippen molar-refractivity contribution >= 4 is 11.6 Å². The van der Waals surface area contributed by atoms with Crippen LogP contribution in [0.25, 0.3) is 0 Å². The van der Waals surface area contributed by atoms with Crippen molar-refractivity contribution in [1.82, 2.24) is 0 Å². The molecule has 3 N–H and O–H groups in total. The first-order valence-corrected chi connectivity index (χ1v) is 8.45. The van der Waals surface area contributed by atoms with Gasteiger partial charge in [-0.1, -0.05) is 25.3 Å². The molecule has 22 heavy (non-hydrogen) atoms. The lowest BCUT2D eigenvalue weighted by atomic mass is 9.85. The number of hydrogen-bond donors (Lipinski definition) is 2. The van der Waals surface area contributed by atoms with Crippen LogP contribution in [0.5, 0.6) is 0 Å². The van der Waals surface area contributed by atoms with Gasteiger partial charge >= 0.3 is 0 Å². The Kier molecular flexibility index (Phi) is 4.67. The predicted octanol–water partition coefficient (Wildman–Crippen LogP) is 3.25. The summed E-state index contributed by atoms with van der Waals surface area (Å²) in [6.45, 7) is 0.646.